The molecule has 1 aliphatic rings. The molecule has 2 heteroatoms. The molecule has 0 atom stereocenters. The van der Waals surface area contributed by atoms with Crippen LogP contribution in [0.5, 0.6) is 0 Å². The zero-order valence-corrected chi connectivity index (χ0v) is 9.51. The molecule has 0 radical (unpaired) electrons. The van der Waals surface area contributed by atoms with Crippen molar-refractivity contribution in [3.05, 3.63) is 17.7 Å². The van der Waals surface area contributed by atoms with Crippen molar-refractivity contribution in [3.8, 4) is 0 Å². The van der Waals surface area contributed by atoms with Gasteiger partial charge in [-0.05, 0) is 19.3 Å². The number of aryl methyl sites for hydroxylation is 1. The molecule has 1 aromatic rings. The van der Waals surface area contributed by atoms with Gasteiger partial charge in [0.1, 0.15) is 5.82 Å². The van der Waals surface area contributed by atoms with Crippen LogP contribution in [0.3, 0.4) is 0 Å². The Balaban J connectivity index is 2.39. The van der Waals surface area contributed by atoms with E-state index in [4.69, 9.17) is 0 Å². The van der Waals surface area contributed by atoms with Gasteiger partial charge in [-0.2, -0.15) is 0 Å². The lowest BCUT2D eigenvalue weighted by molar-refractivity contribution is 0.489. The van der Waals surface area contributed by atoms with Crippen molar-refractivity contribution in [2.75, 3.05) is 0 Å². The summed E-state index contributed by atoms with van der Waals surface area (Å²) in [5.74, 6) is 1.26. The zero-order chi connectivity index (χ0) is 10.2. The lowest BCUT2D eigenvalue weighted by Gasteiger charge is -2.20. The van der Waals surface area contributed by atoms with Crippen LogP contribution in [-0.2, 0) is 18.4 Å². The largest absolute Gasteiger partial charge is 0.332 e. The van der Waals surface area contributed by atoms with E-state index in [9.17, 15) is 0 Å². The molecule has 0 bridgehead atoms. The van der Waals surface area contributed by atoms with Gasteiger partial charge in [0.05, 0.1) is 0 Å². The highest BCUT2D eigenvalue weighted by Crippen LogP contribution is 2.25. The second kappa shape index (κ2) is 3.41. The highest BCUT2D eigenvalue weighted by Gasteiger charge is 2.22. The van der Waals surface area contributed by atoms with Crippen molar-refractivity contribution in [3.63, 3.8) is 0 Å². The fourth-order valence-electron chi connectivity index (χ4n) is 2.21. The minimum Gasteiger partial charge on any atom is -0.332 e. The number of rotatable bonds is 0. The van der Waals surface area contributed by atoms with Gasteiger partial charge in [0.25, 0.3) is 0 Å². The van der Waals surface area contributed by atoms with Gasteiger partial charge in [-0.3, -0.25) is 0 Å². The minimum absolute atomic E-state index is 0.183. The normalized spacial score (nSPS) is 17.6. The van der Waals surface area contributed by atoms with Gasteiger partial charge in [0.2, 0.25) is 0 Å². The molecular weight excluding hydrogens is 172 g/mol. The van der Waals surface area contributed by atoms with Gasteiger partial charge >= 0.3 is 0 Å². The summed E-state index contributed by atoms with van der Waals surface area (Å²) in [7, 11) is 0. The van der Waals surface area contributed by atoms with Crippen LogP contribution in [0.25, 0.3) is 0 Å². The van der Waals surface area contributed by atoms with Gasteiger partial charge in [0, 0.05) is 23.9 Å². The van der Waals surface area contributed by atoms with E-state index in [1.165, 1.54) is 43.7 Å². The van der Waals surface area contributed by atoms with Crippen molar-refractivity contribution in [1.29, 1.82) is 0 Å². The first-order valence-electron chi connectivity index (χ1n) is 5.64. The Morgan fingerprint density at radius 1 is 1.21 bits per heavy atom. The smallest absolute Gasteiger partial charge is 0.114 e. The van der Waals surface area contributed by atoms with Crippen molar-refractivity contribution in [2.24, 2.45) is 0 Å². The molecule has 2 heterocycles. The number of hydrogen-bond acceptors (Lipinski definition) is 1. The molecule has 0 N–H and O–H groups in total. The summed E-state index contributed by atoms with van der Waals surface area (Å²) in [6.45, 7) is 7.90. The fourth-order valence-corrected chi connectivity index (χ4v) is 2.21. The van der Waals surface area contributed by atoms with Crippen molar-refractivity contribution < 1.29 is 0 Å². The second-order valence-corrected chi connectivity index (χ2v) is 5.29. The van der Waals surface area contributed by atoms with Crippen LogP contribution in [0.1, 0.15) is 51.6 Å². The lowest BCUT2D eigenvalue weighted by atomic mass is 9.95. The zero-order valence-electron chi connectivity index (χ0n) is 9.51. The van der Waals surface area contributed by atoms with Crippen LogP contribution in [0.15, 0.2) is 6.20 Å². The summed E-state index contributed by atoms with van der Waals surface area (Å²) in [6.07, 6.45) is 7.29. The molecule has 1 aliphatic heterocycles. The van der Waals surface area contributed by atoms with Crippen LogP contribution in [-0.4, -0.2) is 9.55 Å². The van der Waals surface area contributed by atoms with Crippen molar-refractivity contribution >= 4 is 0 Å². The average molecular weight is 192 g/mol. The van der Waals surface area contributed by atoms with E-state index in [0.29, 0.717) is 0 Å². The predicted molar refractivity (Wildman–Crippen MR) is 58.5 cm³/mol. The Hall–Kier alpha value is -0.790. The highest BCUT2D eigenvalue weighted by atomic mass is 15.1. The molecule has 2 nitrogen and oxygen atoms in total. The van der Waals surface area contributed by atoms with Gasteiger partial charge in [-0.15, -0.1) is 0 Å². The third-order valence-corrected chi connectivity index (χ3v) is 2.92. The first-order valence-corrected chi connectivity index (χ1v) is 5.64. The second-order valence-electron chi connectivity index (χ2n) is 5.29. The Morgan fingerprint density at radius 2 is 2.00 bits per heavy atom. The maximum absolute atomic E-state index is 4.57. The molecule has 14 heavy (non-hydrogen) atoms. The Morgan fingerprint density at radius 3 is 2.71 bits per heavy atom. The van der Waals surface area contributed by atoms with Gasteiger partial charge in [-0.25, -0.2) is 4.98 Å². The highest BCUT2D eigenvalue weighted by molar-refractivity contribution is 5.13. The molecular formula is C12H20N2. The van der Waals surface area contributed by atoms with Crippen LogP contribution in [0, 0.1) is 0 Å². The Kier molecular flexibility index (Phi) is 2.38. The molecule has 0 spiro atoms. The summed E-state index contributed by atoms with van der Waals surface area (Å²) in [5.41, 5.74) is 1.62. The topological polar surface area (TPSA) is 17.8 Å². The third-order valence-electron chi connectivity index (χ3n) is 2.92. The van der Waals surface area contributed by atoms with Crippen molar-refractivity contribution in [2.45, 2.75) is 58.4 Å². The van der Waals surface area contributed by atoms with E-state index in [1.807, 2.05) is 0 Å². The van der Waals surface area contributed by atoms with E-state index in [1.54, 1.807) is 0 Å². The molecule has 2 rings (SSSR count). The third kappa shape index (κ3) is 1.70. The predicted octanol–water partition coefficient (Wildman–Crippen LogP) is 2.91. The van der Waals surface area contributed by atoms with Gasteiger partial charge < -0.3 is 4.57 Å². The number of aromatic nitrogens is 2. The minimum atomic E-state index is 0.183. The monoisotopic (exact) mass is 192 g/mol. The van der Waals surface area contributed by atoms with Crippen LogP contribution < -0.4 is 0 Å². The number of hydrogen-bond donors (Lipinski definition) is 0. The van der Waals surface area contributed by atoms with Gasteiger partial charge in [-0.1, -0.05) is 27.2 Å². The van der Waals surface area contributed by atoms with Crippen LogP contribution in [0.4, 0.5) is 0 Å². The van der Waals surface area contributed by atoms with E-state index in [-0.39, 0.29) is 5.41 Å². The lowest BCUT2D eigenvalue weighted by Crippen LogP contribution is -2.19. The molecule has 0 aromatic carbocycles. The van der Waals surface area contributed by atoms with Crippen LogP contribution in [0.2, 0.25) is 0 Å². The quantitative estimate of drug-likeness (QED) is 0.618. The summed E-state index contributed by atoms with van der Waals surface area (Å²) in [5, 5.41) is 0. The molecule has 0 saturated carbocycles. The van der Waals surface area contributed by atoms with Gasteiger partial charge in [0.15, 0.2) is 0 Å². The molecule has 0 unspecified atom stereocenters. The Labute approximate surface area is 86.3 Å². The molecule has 0 fully saturated rings. The molecule has 1 aromatic heterocycles. The van der Waals surface area contributed by atoms with Crippen molar-refractivity contribution in [1.82, 2.24) is 9.55 Å². The molecule has 78 valence electrons. The summed E-state index contributed by atoms with van der Waals surface area (Å²) in [4.78, 5) is 4.57. The SMILES string of the molecule is CC(C)(C)c1ncc2n1CCCCC2. The molecule has 0 amide bonds. The molecule has 0 saturated heterocycles. The number of nitrogens with zero attached hydrogens (tertiary/aromatic N) is 2. The summed E-state index contributed by atoms with van der Waals surface area (Å²) in [6, 6.07) is 0. The maximum Gasteiger partial charge on any atom is 0.114 e. The standard InChI is InChI=1S/C12H20N2/c1-12(2,3)11-13-9-10-7-5-4-6-8-14(10)11/h9H,4-8H2,1-3H3. The van der Waals surface area contributed by atoms with Crippen LogP contribution >= 0.6 is 0 Å². The first kappa shape index (κ1) is 9.75. The summed E-state index contributed by atoms with van der Waals surface area (Å²) < 4.78 is 2.44. The molecule has 0 aliphatic carbocycles. The van der Waals surface area contributed by atoms with E-state index < -0.39 is 0 Å². The number of imidazole rings is 1. The average Bonchev–Trinajstić information content (AvgIpc) is 2.36. The number of fused-ring (bicyclic) bond motifs is 1. The first-order chi connectivity index (χ1) is 6.59. The van der Waals surface area contributed by atoms with E-state index in [0.717, 1.165) is 0 Å². The fraction of sp³-hybridized carbons (Fsp3) is 0.750. The Bertz CT molecular complexity index is 318. The van der Waals surface area contributed by atoms with E-state index >= 15 is 0 Å². The van der Waals surface area contributed by atoms with E-state index in [2.05, 4.69) is 36.5 Å². The summed E-state index contributed by atoms with van der Waals surface area (Å²) >= 11 is 0. The maximum atomic E-state index is 4.57.